The topological polar surface area (TPSA) is 24.7 Å². The van der Waals surface area contributed by atoms with E-state index in [4.69, 9.17) is 0 Å². The maximum atomic E-state index is 4.43. The van der Waals surface area contributed by atoms with E-state index in [0.717, 1.165) is 6.42 Å². The van der Waals surface area contributed by atoms with Gasteiger partial charge >= 0.3 is 0 Å². The highest BCUT2D eigenvalue weighted by atomic mass is 15.2. The summed E-state index contributed by atoms with van der Waals surface area (Å²) >= 11 is 0. The van der Waals surface area contributed by atoms with Crippen molar-refractivity contribution in [3.8, 4) is 0 Å². The summed E-state index contributed by atoms with van der Waals surface area (Å²) in [4.78, 5) is 0. The van der Waals surface area contributed by atoms with Gasteiger partial charge < -0.3 is 0 Å². The highest BCUT2D eigenvalue weighted by Crippen LogP contribution is 2.48. The molecule has 2 bridgehead atoms. The highest BCUT2D eigenvalue weighted by molar-refractivity contribution is 5.27. The Balaban J connectivity index is 2.06. The standard InChI is InChI=1S/C11H12N2/c1-2-4-9(5-3-1)11-7-6-10(8-11)12-13-11/h1-5,10H,6-8H2. The first kappa shape index (κ1) is 7.25. The lowest BCUT2D eigenvalue weighted by atomic mass is 9.90. The molecule has 3 rings (SSSR count). The molecule has 1 aromatic carbocycles. The molecule has 0 saturated heterocycles. The number of fused-ring (bicyclic) bond motifs is 2. The van der Waals surface area contributed by atoms with Gasteiger partial charge in [-0.1, -0.05) is 30.3 Å². The number of hydrogen-bond acceptors (Lipinski definition) is 2. The van der Waals surface area contributed by atoms with Gasteiger partial charge in [0, 0.05) is 6.42 Å². The number of benzene rings is 1. The van der Waals surface area contributed by atoms with Crippen molar-refractivity contribution in [3.05, 3.63) is 35.9 Å². The number of nitrogens with zero attached hydrogens (tertiary/aromatic N) is 2. The van der Waals surface area contributed by atoms with Crippen LogP contribution in [0.1, 0.15) is 24.8 Å². The minimum Gasteiger partial charge on any atom is -0.190 e. The highest BCUT2D eigenvalue weighted by Gasteiger charge is 2.45. The Labute approximate surface area is 77.7 Å². The van der Waals surface area contributed by atoms with Gasteiger partial charge in [0.05, 0.1) is 6.04 Å². The monoisotopic (exact) mass is 172 g/mol. The molecule has 13 heavy (non-hydrogen) atoms. The molecule has 0 spiro atoms. The second-order valence-corrected chi connectivity index (χ2v) is 4.01. The number of rotatable bonds is 1. The smallest absolute Gasteiger partial charge is 0.109 e. The summed E-state index contributed by atoms with van der Waals surface area (Å²) < 4.78 is 0. The van der Waals surface area contributed by atoms with Gasteiger partial charge in [-0.15, -0.1) is 0 Å². The van der Waals surface area contributed by atoms with Crippen LogP contribution in [0.15, 0.2) is 40.6 Å². The van der Waals surface area contributed by atoms with Gasteiger partial charge in [0.15, 0.2) is 0 Å². The summed E-state index contributed by atoms with van der Waals surface area (Å²) in [6, 6.07) is 11.1. The molecule has 1 aliphatic heterocycles. The third-order valence-corrected chi connectivity index (χ3v) is 3.19. The molecule has 2 atom stereocenters. The lowest BCUT2D eigenvalue weighted by Crippen LogP contribution is -2.16. The predicted octanol–water partition coefficient (Wildman–Crippen LogP) is 2.90. The van der Waals surface area contributed by atoms with Crippen LogP contribution >= 0.6 is 0 Å². The van der Waals surface area contributed by atoms with Gasteiger partial charge in [0.2, 0.25) is 0 Å². The molecule has 1 aliphatic carbocycles. The Morgan fingerprint density at radius 3 is 2.62 bits per heavy atom. The van der Waals surface area contributed by atoms with Gasteiger partial charge in [-0.2, -0.15) is 10.2 Å². The van der Waals surface area contributed by atoms with E-state index < -0.39 is 0 Å². The van der Waals surface area contributed by atoms with E-state index in [1.165, 1.54) is 18.4 Å². The van der Waals surface area contributed by atoms with Gasteiger partial charge in [0.25, 0.3) is 0 Å². The van der Waals surface area contributed by atoms with Gasteiger partial charge in [-0.05, 0) is 18.4 Å². The van der Waals surface area contributed by atoms with E-state index in [0.29, 0.717) is 6.04 Å². The summed E-state index contributed by atoms with van der Waals surface area (Å²) in [6.07, 6.45) is 3.54. The van der Waals surface area contributed by atoms with Crippen LogP contribution in [0.25, 0.3) is 0 Å². The van der Waals surface area contributed by atoms with Crippen LogP contribution in [0.2, 0.25) is 0 Å². The van der Waals surface area contributed by atoms with Gasteiger partial charge in [-0.25, -0.2) is 0 Å². The maximum Gasteiger partial charge on any atom is 0.109 e. The molecule has 0 aromatic heterocycles. The number of hydrogen-bond donors (Lipinski definition) is 0. The van der Waals surface area contributed by atoms with E-state index in [1.807, 2.05) is 0 Å². The summed E-state index contributed by atoms with van der Waals surface area (Å²) in [5.74, 6) is 0. The molecule has 66 valence electrons. The average molecular weight is 172 g/mol. The van der Waals surface area contributed by atoms with E-state index in [2.05, 4.69) is 40.6 Å². The Bertz CT molecular complexity index is 344. The van der Waals surface area contributed by atoms with Crippen LogP contribution in [0.4, 0.5) is 0 Å². The minimum absolute atomic E-state index is 0.0614. The summed E-state index contributed by atoms with van der Waals surface area (Å²) in [5.41, 5.74) is 1.41. The first-order chi connectivity index (χ1) is 6.39. The SMILES string of the molecule is c1ccc(C23CCC(C2)N=N3)cc1. The molecule has 2 heteroatoms. The average Bonchev–Trinajstić information content (AvgIpc) is 2.80. The van der Waals surface area contributed by atoms with E-state index >= 15 is 0 Å². The molecule has 0 N–H and O–H groups in total. The Hall–Kier alpha value is -1.18. The lowest BCUT2D eigenvalue weighted by Gasteiger charge is -2.20. The molecule has 1 heterocycles. The van der Waals surface area contributed by atoms with Crippen molar-refractivity contribution in [2.75, 3.05) is 0 Å². The molecule has 1 aromatic rings. The van der Waals surface area contributed by atoms with E-state index in [1.54, 1.807) is 0 Å². The second-order valence-electron chi connectivity index (χ2n) is 4.01. The van der Waals surface area contributed by atoms with Gasteiger partial charge in [-0.3, -0.25) is 0 Å². The van der Waals surface area contributed by atoms with Crippen molar-refractivity contribution < 1.29 is 0 Å². The maximum absolute atomic E-state index is 4.43. The van der Waals surface area contributed by atoms with Crippen molar-refractivity contribution in [3.63, 3.8) is 0 Å². The molecule has 1 saturated carbocycles. The molecular weight excluding hydrogens is 160 g/mol. The molecule has 2 unspecified atom stereocenters. The van der Waals surface area contributed by atoms with Crippen molar-refractivity contribution in [1.29, 1.82) is 0 Å². The fourth-order valence-corrected chi connectivity index (χ4v) is 2.45. The van der Waals surface area contributed by atoms with Crippen LogP contribution in [0, 0.1) is 0 Å². The van der Waals surface area contributed by atoms with Crippen molar-refractivity contribution in [2.24, 2.45) is 10.2 Å². The zero-order valence-electron chi connectivity index (χ0n) is 7.48. The third-order valence-electron chi connectivity index (χ3n) is 3.19. The van der Waals surface area contributed by atoms with Gasteiger partial charge in [0.1, 0.15) is 5.54 Å². The predicted molar refractivity (Wildman–Crippen MR) is 50.6 cm³/mol. The zero-order chi connectivity index (χ0) is 8.73. The fraction of sp³-hybridized carbons (Fsp3) is 0.455. The van der Waals surface area contributed by atoms with Crippen molar-refractivity contribution in [2.45, 2.75) is 30.8 Å². The summed E-state index contributed by atoms with van der Waals surface area (Å²) in [7, 11) is 0. The largest absolute Gasteiger partial charge is 0.190 e. The first-order valence-corrected chi connectivity index (χ1v) is 4.87. The lowest BCUT2D eigenvalue weighted by molar-refractivity contribution is 0.463. The number of azo groups is 1. The molecular formula is C11H12N2. The van der Waals surface area contributed by atoms with Crippen LogP contribution in [-0.2, 0) is 5.54 Å². The Morgan fingerprint density at radius 2 is 2.08 bits per heavy atom. The quantitative estimate of drug-likeness (QED) is 0.622. The molecule has 2 aliphatic rings. The van der Waals surface area contributed by atoms with Crippen LogP contribution in [0.3, 0.4) is 0 Å². The van der Waals surface area contributed by atoms with Crippen LogP contribution < -0.4 is 0 Å². The molecule has 2 nitrogen and oxygen atoms in total. The third kappa shape index (κ3) is 0.947. The normalized spacial score (nSPS) is 35.5. The molecule has 0 amide bonds. The molecule has 1 fully saturated rings. The van der Waals surface area contributed by atoms with E-state index in [-0.39, 0.29) is 5.54 Å². The molecule has 0 radical (unpaired) electrons. The van der Waals surface area contributed by atoms with Crippen LogP contribution in [-0.4, -0.2) is 6.04 Å². The van der Waals surface area contributed by atoms with E-state index in [9.17, 15) is 0 Å². The van der Waals surface area contributed by atoms with Crippen molar-refractivity contribution in [1.82, 2.24) is 0 Å². The summed E-state index contributed by atoms with van der Waals surface area (Å²) in [6.45, 7) is 0. The Morgan fingerprint density at radius 1 is 1.23 bits per heavy atom. The first-order valence-electron chi connectivity index (χ1n) is 4.87. The van der Waals surface area contributed by atoms with Crippen LogP contribution in [0.5, 0.6) is 0 Å². The second kappa shape index (κ2) is 2.41. The summed E-state index contributed by atoms with van der Waals surface area (Å²) in [5, 5.41) is 8.71. The minimum atomic E-state index is 0.0614. The van der Waals surface area contributed by atoms with Crippen molar-refractivity contribution >= 4 is 0 Å². The fourth-order valence-electron chi connectivity index (χ4n) is 2.45. The Kier molecular flexibility index (Phi) is 1.34. The zero-order valence-corrected chi connectivity index (χ0v) is 7.48.